The summed E-state index contributed by atoms with van der Waals surface area (Å²) in [4.78, 5) is 13.0. The standard InChI is InChI=1S/C20H12FN3O2S/c1-26-17-5-3-2-4-13(17)10-18-19(25)24(16-8-6-15(21)7-9-16)20(27-18)14(11-22)12-23/h2-10H,1H3/b18-10-. The molecule has 3 rings (SSSR count). The van der Waals surface area contributed by atoms with Crippen molar-refractivity contribution in [3.05, 3.63) is 79.5 Å². The molecule has 132 valence electrons. The van der Waals surface area contributed by atoms with Gasteiger partial charge in [0.25, 0.3) is 5.56 Å². The van der Waals surface area contributed by atoms with Crippen molar-refractivity contribution in [3.63, 3.8) is 0 Å². The van der Waals surface area contributed by atoms with Crippen LogP contribution in [0.25, 0.3) is 17.3 Å². The first-order valence-corrected chi connectivity index (χ1v) is 8.57. The van der Waals surface area contributed by atoms with Crippen LogP contribution >= 0.6 is 11.3 Å². The number of aromatic nitrogens is 1. The van der Waals surface area contributed by atoms with E-state index < -0.39 is 11.4 Å². The van der Waals surface area contributed by atoms with Gasteiger partial charge in [0.05, 0.1) is 17.3 Å². The summed E-state index contributed by atoms with van der Waals surface area (Å²) in [6, 6.07) is 16.1. The van der Waals surface area contributed by atoms with E-state index >= 15 is 0 Å². The molecule has 0 aliphatic carbocycles. The van der Waals surface area contributed by atoms with Gasteiger partial charge in [0.1, 0.15) is 28.4 Å². The number of nitrogens with zero attached hydrogens (tertiary/aromatic N) is 3. The zero-order valence-electron chi connectivity index (χ0n) is 14.1. The highest BCUT2D eigenvalue weighted by molar-refractivity contribution is 7.07. The van der Waals surface area contributed by atoms with Crippen LogP contribution in [0.15, 0.2) is 53.3 Å². The molecule has 7 heteroatoms. The van der Waals surface area contributed by atoms with Crippen LogP contribution in [0.4, 0.5) is 4.39 Å². The molecule has 0 fully saturated rings. The molecule has 0 saturated heterocycles. The van der Waals surface area contributed by atoms with Gasteiger partial charge >= 0.3 is 0 Å². The number of halogens is 1. The first-order valence-electron chi connectivity index (χ1n) is 7.76. The van der Waals surface area contributed by atoms with E-state index in [1.807, 2.05) is 24.3 Å². The summed E-state index contributed by atoms with van der Waals surface area (Å²) in [5.74, 6) is 0.138. The Balaban J connectivity index is 2.39. The van der Waals surface area contributed by atoms with Gasteiger partial charge in [-0.05, 0) is 36.4 Å². The normalized spacial score (nSPS) is 10.9. The number of hydrogen-bond acceptors (Lipinski definition) is 5. The number of ether oxygens (including phenoxy) is 1. The zero-order chi connectivity index (χ0) is 19.4. The summed E-state index contributed by atoms with van der Waals surface area (Å²) in [5.41, 5.74) is 0.457. The molecule has 0 bridgehead atoms. The third kappa shape index (κ3) is 3.50. The maximum Gasteiger partial charge on any atom is 0.273 e. The van der Waals surface area contributed by atoms with E-state index in [1.165, 1.54) is 35.9 Å². The van der Waals surface area contributed by atoms with Crippen molar-refractivity contribution in [2.24, 2.45) is 0 Å². The van der Waals surface area contributed by atoms with E-state index in [-0.39, 0.29) is 10.2 Å². The number of rotatable bonds is 3. The average Bonchev–Trinajstić information content (AvgIpc) is 3.00. The Bertz CT molecular complexity index is 1240. The van der Waals surface area contributed by atoms with E-state index in [0.717, 1.165) is 11.3 Å². The quantitative estimate of drug-likeness (QED) is 0.700. The molecule has 0 spiro atoms. The maximum absolute atomic E-state index is 13.3. The van der Waals surface area contributed by atoms with Crippen LogP contribution in [0.5, 0.6) is 5.75 Å². The number of hydrogen-bond donors (Lipinski definition) is 0. The van der Waals surface area contributed by atoms with Gasteiger partial charge in [-0.1, -0.05) is 18.2 Å². The number of para-hydroxylation sites is 1. The molecule has 1 aromatic heterocycles. The highest BCUT2D eigenvalue weighted by Gasteiger charge is 2.12. The molecule has 0 unspecified atom stereocenters. The monoisotopic (exact) mass is 377 g/mol. The molecule has 0 aliphatic rings. The van der Waals surface area contributed by atoms with Gasteiger partial charge < -0.3 is 4.74 Å². The smallest absolute Gasteiger partial charge is 0.273 e. The molecule has 27 heavy (non-hydrogen) atoms. The van der Waals surface area contributed by atoms with Crippen LogP contribution in [-0.4, -0.2) is 11.7 Å². The van der Waals surface area contributed by atoms with Crippen LogP contribution in [0.3, 0.4) is 0 Å². The van der Waals surface area contributed by atoms with Gasteiger partial charge in [-0.15, -0.1) is 11.3 Å². The second-order valence-corrected chi connectivity index (χ2v) is 6.40. The Morgan fingerprint density at radius 2 is 1.81 bits per heavy atom. The minimum absolute atomic E-state index is 0.192. The molecule has 0 aliphatic heterocycles. The van der Waals surface area contributed by atoms with Crippen LogP contribution in [-0.2, 0) is 0 Å². The number of benzene rings is 2. The van der Waals surface area contributed by atoms with Crippen molar-refractivity contribution < 1.29 is 9.13 Å². The molecule has 0 N–H and O–H groups in total. The Kier molecular flexibility index (Phi) is 5.16. The molecule has 2 aromatic carbocycles. The van der Waals surface area contributed by atoms with Crippen molar-refractivity contribution in [2.75, 3.05) is 7.11 Å². The summed E-state index contributed by atoms with van der Waals surface area (Å²) in [5, 5.41) is 18.5. The molecular formula is C20H12FN3O2S. The fourth-order valence-electron chi connectivity index (χ4n) is 2.52. The third-order valence-electron chi connectivity index (χ3n) is 3.77. The topological polar surface area (TPSA) is 78.8 Å². The zero-order valence-corrected chi connectivity index (χ0v) is 15.0. The molecule has 1 heterocycles. The molecule has 3 aromatic rings. The van der Waals surface area contributed by atoms with E-state index in [4.69, 9.17) is 4.74 Å². The van der Waals surface area contributed by atoms with Crippen molar-refractivity contribution in [1.29, 1.82) is 10.5 Å². The van der Waals surface area contributed by atoms with E-state index in [9.17, 15) is 19.7 Å². The van der Waals surface area contributed by atoms with Crippen LogP contribution < -0.4 is 19.5 Å². The third-order valence-corrected chi connectivity index (χ3v) is 4.86. The van der Waals surface area contributed by atoms with E-state index in [1.54, 1.807) is 18.2 Å². The predicted octanol–water partition coefficient (Wildman–Crippen LogP) is 2.07. The Hall–Kier alpha value is -3.68. The largest absolute Gasteiger partial charge is 0.496 e. The molecule has 5 nitrogen and oxygen atoms in total. The van der Waals surface area contributed by atoms with Gasteiger partial charge in [-0.3, -0.25) is 9.36 Å². The fraction of sp³-hybridized carbons (Fsp3) is 0.0500. The van der Waals surface area contributed by atoms with Crippen molar-refractivity contribution >= 4 is 23.0 Å². The predicted molar refractivity (Wildman–Crippen MR) is 100 cm³/mol. The van der Waals surface area contributed by atoms with Gasteiger partial charge in [-0.25, -0.2) is 4.39 Å². The summed E-state index contributed by atoms with van der Waals surface area (Å²) < 4.78 is 20.3. The summed E-state index contributed by atoms with van der Waals surface area (Å²) in [7, 11) is 1.53. The lowest BCUT2D eigenvalue weighted by molar-refractivity contribution is 0.414. The molecular weight excluding hydrogens is 365 g/mol. The summed E-state index contributed by atoms with van der Waals surface area (Å²) >= 11 is 1.02. The summed E-state index contributed by atoms with van der Waals surface area (Å²) in [6.45, 7) is 0. The SMILES string of the molecule is COc1ccccc1/C=c1\sc(=C(C#N)C#N)n(-c2ccc(F)cc2)c1=O. The Morgan fingerprint density at radius 1 is 1.15 bits per heavy atom. The Morgan fingerprint density at radius 3 is 2.44 bits per heavy atom. The van der Waals surface area contributed by atoms with Crippen LogP contribution in [0, 0.1) is 28.5 Å². The number of thiazole rings is 1. The second-order valence-electron chi connectivity index (χ2n) is 5.37. The summed E-state index contributed by atoms with van der Waals surface area (Å²) in [6.07, 6.45) is 1.64. The first kappa shape index (κ1) is 18.1. The minimum Gasteiger partial charge on any atom is -0.496 e. The van der Waals surface area contributed by atoms with Gasteiger partial charge in [0.15, 0.2) is 5.57 Å². The molecule has 0 atom stereocenters. The van der Waals surface area contributed by atoms with Crippen molar-refractivity contribution in [1.82, 2.24) is 4.57 Å². The Labute approximate surface area is 157 Å². The highest BCUT2D eigenvalue weighted by Crippen LogP contribution is 2.17. The fourth-order valence-corrected chi connectivity index (χ4v) is 3.57. The van der Waals surface area contributed by atoms with Crippen molar-refractivity contribution in [2.45, 2.75) is 0 Å². The molecule has 0 saturated carbocycles. The lowest BCUT2D eigenvalue weighted by atomic mass is 10.2. The van der Waals surface area contributed by atoms with Crippen LogP contribution in [0.1, 0.15) is 5.56 Å². The average molecular weight is 377 g/mol. The van der Waals surface area contributed by atoms with Crippen LogP contribution in [0.2, 0.25) is 0 Å². The van der Waals surface area contributed by atoms with Gasteiger partial charge in [-0.2, -0.15) is 10.5 Å². The number of nitriles is 2. The van der Waals surface area contributed by atoms with Gasteiger partial charge in [0, 0.05) is 5.56 Å². The second kappa shape index (κ2) is 7.69. The lowest BCUT2D eigenvalue weighted by Crippen LogP contribution is -2.30. The maximum atomic E-state index is 13.3. The molecule has 0 amide bonds. The van der Waals surface area contributed by atoms with Gasteiger partial charge in [0.2, 0.25) is 0 Å². The minimum atomic E-state index is -0.450. The van der Waals surface area contributed by atoms with Crippen molar-refractivity contribution in [3.8, 4) is 23.6 Å². The van der Waals surface area contributed by atoms with E-state index in [0.29, 0.717) is 21.5 Å². The van der Waals surface area contributed by atoms with E-state index in [2.05, 4.69) is 0 Å². The first-order chi connectivity index (χ1) is 13.1. The molecule has 0 radical (unpaired) electrons. The number of methoxy groups -OCH3 is 1. The highest BCUT2D eigenvalue weighted by atomic mass is 32.1. The lowest BCUT2D eigenvalue weighted by Gasteiger charge is -2.02.